The van der Waals surface area contributed by atoms with Gasteiger partial charge in [-0.25, -0.2) is 0 Å². The van der Waals surface area contributed by atoms with Crippen LogP contribution < -0.4 is 11.1 Å². The Morgan fingerprint density at radius 3 is 2.50 bits per heavy atom. The molecule has 0 saturated heterocycles. The summed E-state index contributed by atoms with van der Waals surface area (Å²) < 4.78 is 0. The summed E-state index contributed by atoms with van der Waals surface area (Å²) in [6.45, 7) is 6.66. The zero-order valence-corrected chi connectivity index (χ0v) is 13.2. The highest BCUT2D eigenvalue weighted by molar-refractivity contribution is 5.80. The van der Waals surface area contributed by atoms with E-state index in [-0.39, 0.29) is 17.4 Å². The number of fused-ring (bicyclic) bond motifs is 2. The summed E-state index contributed by atoms with van der Waals surface area (Å²) in [7, 11) is 0. The molecule has 3 aliphatic rings. The second kappa shape index (κ2) is 5.01. The van der Waals surface area contributed by atoms with Crippen molar-refractivity contribution in [2.75, 3.05) is 0 Å². The summed E-state index contributed by atoms with van der Waals surface area (Å²) in [5.74, 6) is 2.49. The zero-order chi connectivity index (χ0) is 14.5. The molecule has 0 heterocycles. The number of nitrogens with two attached hydrogens (primary N) is 1. The summed E-state index contributed by atoms with van der Waals surface area (Å²) in [6.07, 6.45) is 7.21. The average Bonchev–Trinajstić information content (AvgIpc) is 2.98. The minimum absolute atomic E-state index is 0.0133. The smallest absolute Gasteiger partial charge is 0.223 e. The van der Waals surface area contributed by atoms with Gasteiger partial charge < -0.3 is 11.1 Å². The highest BCUT2D eigenvalue weighted by atomic mass is 16.2. The number of carbonyl (C=O) groups excluding carboxylic acids is 1. The van der Waals surface area contributed by atoms with E-state index in [1.54, 1.807) is 0 Å². The van der Waals surface area contributed by atoms with E-state index < -0.39 is 0 Å². The first-order chi connectivity index (χ1) is 9.39. The molecular formula is C17H30N2O. The maximum atomic E-state index is 12.7. The van der Waals surface area contributed by atoms with E-state index in [0.29, 0.717) is 17.9 Å². The van der Waals surface area contributed by atoms with Crippen LogP contribution in [-0.2, 0) is 4.79 Å². The first kappa shape index (κ1) is 14.4. The van der Waals surface area contributed by atoms with Gasteiger partial charge in [0.25, 0.3) is 0 Å². The number of nitrogens with one attached hydrogen (secondary N) is 1. The third-order valence-corrected chi connectivity index (χ3v) is 6.88. The Bertz CT molecular complexity index is 392. The van der Waals surface area contributed by atoms with Crippen LogP contribution in [0.15, 0.2) is 0 Å². The molecule has 3 N–H and O–H groups in total. The lowest BCUT2D eigenvalue weighted by atomic mass is 9.61. The summed E-state index contributed by atoms with van der Waals surface area (Å²) in [4.78, 5) is 12.7. The van der Waals surface area contributed by atoms with Gasteiger partial charge in [-0.1, -0.05) is 27.2 Å². The minimum atomic E-state index is 0.0133. The van der Waals surface area contributed by atoms with Crippen molar-refractivity contribution >= 4 is 5.91 Å². The van der Waals surface area contributed by atoms with Gasteiger partial charge in [-0.2, -0.15) is 0 Å². The minimum Gasteiger partial charge on any atom is -0.353 e. The first-order valence-electron chi connectivity index (χ1n) is 8.45. The molecule has 0 aromatic rings. The number of hydrogen-bond donors (Lipinski definition) is 2. The van der Waals surface area contributed by atoms with Crippen molar-refractivity contribution in [2.24, 2.45) is 34.8 Å². The third kappa shape index (κ3) is 2.28. The van der Waals surface area contributed by atoms with Crippen LogP contribution in [0.4, 0.5) is 0 Å². The Balaban J connectivity index is 1.65. The van der Waals surface area contributed by atoms with E-state index in [4.69, 9.17) is 5.73 Å². The van der Waals surface area contributed by atoms with Crippen LogP contribution >= 0.6 is 0 Å². The third-order valence-electron chi connectivity index (χ3n) is 6.88. The molecule has 0 aliphatic heterocycles. The Labute approximate surface area is 123 Å². The quantitative estimate of drug-likeness (QED) is 0.816. The molecule has 1 amide bonds. The normalized spacial score (nSPS) is 46.4. The molecule has 0 aromatic carbocycles. The molecule has 3 heteroatoms. The molecule has 3 nitrogen and oxygen atoms in total. The van der Waals surface area contributed by atoms with Crippen molar-refractivity contribution < 1.29 is 4.79 Å². The molecule has 20 heavy (non-hydrogen) atoms. The summed E-state index contributed by atoms with van der Waals surface area (Å²) >= 11 is 0. The molecule has 6 unspecified atom stereocenters. The van der Waals surface area contributed by atoms with Crippen LogP contribution in [0.5, 0.6) is 0 Å². The van der Waals surface area contributed by atoms with Gasteiger partial charge in [0.15, 0.2) is 0 Å². The number of amides is 1. The standard InChI is InChI=1S/C17H30N2O/c1-10-14(18)7-6-13(17(10,2)3)16(20)19-15-9-11-4-5-12(15)8-11/h10-15H,4-9,18H2,1-3H3,(H,19,20). The molecular weight excluding hydrogens is 248 g/mol. The SMILES string of the molecule is CC1C(N)CCC(C(=O)NC2CC3CCC2C3)C1(C)C. The topological polar surface area (TPSA) is 55.1 Å². The highest BCUT2D eigenvalue weighted by Crippen LogP contribution is 2.47. The lowest BCUT2D eigenvalue weighted by molar-refractivity contribution is -0.133. The van der Waals surface area contributed by atoms with Crippen molar-refractivity contribution in [2.45, 2.75) is 71.4 Å². The Hall–Kier alpha value is -0.570. The Morgan fingerprint density at radius 1 is 1.15 bits per heavy atom. The van der Waals surface area contributed by atoms with Crippen molar-refractivity contribution in [3.05, 3.63) is 0 Å². The summed E-state index contributed by atoms with van der Waals surface area (Å²) in [5.41, 5.74) is 6.21. The molecule has 0 spiro atoms. The zero-order valence-electron chi connectivity index (χ0n) is 13.2. The number of carbonyl (C=O) groups is 1. The molecule has 3 saturated carbocycles. The molecule has 3 aliphatic carbocycles. The fourth-order valence-corrected chi connectivity index (χ4v) is 5.02. The predicted octanol–water partition coefficient (Wildman–Crippen LogP) is 2.69. The van der Waals surface area contributed by atoms with Gasteiger partial charge in [0.2, 0.25) is 5.91 Å². The van der Waals surface area contributed by atoms with E-state index in [1.807, 2.05) is 0 Å². The van der Waals surface area contributed by atoms with Crippen molar-refractivity contribution in [1.82, 2.24) is 5.32 Å². The summed E-state index contributed by atoms with van der Waals surface area (Å²) in [5, 5.41) is 3.39. The van der Waals surface area contributed by atoms with Gasteiger partial charge in [-0.05, 0) is 55.3 Å². The van der Waals surface area contributed by atoms with Crippen molar-refractivity contribution in [3.63, 3.8) is 0 Å². The Kier molecular flexibility index (Phi) is 3.60. The van der Waals surface area contributed by atoms with Crippen LogP contribution in [0.1, 0.15) is 59.3 Å². The Morgan fingerprint density at radius 2 is 1.90 bits per heavy atom. The second-order valence-electron chi connectivity index (χ2n) is 8.19. The second-order valence-corrected chi connectivity index (χ2v) is 8.19. The van der Waals surface area contributed by atoms with Crippen LogP contribution in [0.3, 0.4) is 0 Å². The maximum Gasteiger partial charge on any atom is 0.223 e. The molecule has 2 bridgehead atoms. The van der Waals surface area contributed by atoms with Gasteiger partial charge in [0.05, 0.1) is 0 Å². The van der Waals surface area contributed by atoms with E-state index in [9.17, 15) is 4.79 Å². The van der Waals surface area contributed by atoms with Gasteiger partial charge in [-0.3, -0.25) is 4.79 Å². The van der Waals surface area contributed by atoms with E-state index in [1.165, 1.54) is 25.7 Å². The molecule has 0 aromatic heterocycles. The first-order valence-corrected chi connectivity index (χ1v) is 8.45. The fraction of sp³-hybridized carbons (Fsp3) is 0.941. The van der Waals surface area contributed by atoms with Crippen LogP contribution in [0, 0.1) is 29.1 Å². The number of hydrogen-bond acceptors (Lipinski definition) is 2. The van der Waals surface area contributed by atoms with Crippen molar-refractivity contribution in [3.8, 4) is 0 Å². The summed E-state index contributed by atoms with van der Waals surface area (Å²) in [6, 6.07) is 0.708. The lowest BCUT2D eigenvalue weighted by Gasteiger charge is -2.46. The number of rotatable bonds is 2. The van der Waals surface area contributed by atoms with Gasteiger partial charge >= 0.3 is 0 Å². The molecule has 6 atom stereocenters. The van der Waals surface area contributed by atoms with Crippen LogP contribution in [0.25, 0.3) is 0 Å². The van der Waals surface area contributed by atoms with Crippen LogP contribution in [0.2, 0.25) is 0 Å². The molecule has 114 valence electrons. The van der Waals surface area contributed by atoms with E-state index in [0.717, 1.165) is 24.7 Å². The van der Waals surface area contributed by atoms with Crippen LogP contribution in [-0.4, -0.2) is 18.0 Å². The average molecular weight is 278 g/mol. The van der Waals surface area contributed by atoms with Gasteiger partial charge in [0, 0.05) is 18.0 Å². The largest absolute Gasteiger partial charge is 0.353 e. The highest BCUT2D eigenvalue weighted by Gasteiger charge is 2.47. The van der Waals surface area contributed by atoms with Gasteiger partial charge in [-0.15, -0.1) is 0 Å². The molecule has 0 radical (unpaired) electrons. The van der Waals surface area contributed by atoms with E-state index >= 15 is 0 Å². The van der Waals surface area contributed by atoms with Gasteiger partial charge in [0.1, 0.15) is 0 Å². The molecule has 3 fully saturated rings. The predicted molar refractivity (Wildman–Crippen MR) is 81.0 cm³/mol. The maximum absolute atomic E-state index is 12.7. The fourth-order valence-electron chi connectivity index (χ4n) is 5.02. The van der Waals surface area contributed by atoms with Crippen molar-refractivity contribution in [1.29, 1.82) is 0 Å². The lowest BCUT2D eigenvalue weighted by Crippen LogP contribution is -2.53. The molecule has 3 rings (SSSR count). The van der Waals surface area contributed by atoms with E-state index in [2.05, 4.69) is 26.1 Å². The monoisotopic (exact) mass is 278 g/mol.